The van der Waals surface area contributed by atoms with Crippen LogP contribution in [0.2, 0.25) is 0 Å². The van der Waals surface area contributed by atoms with Crippen LogP contribution in [0.3, 0.4) is 0 Å². The van der Waals surface area contributed by atoms with Gasteiger partial charge in [0.25, 0.3) is 0 Å². The van der Waals surface area contributed by atoms with E-state index in [1.54, 1.807) is 0 Å². The van der Waals surface area contributed by atoms with Crippen molar-refractivity contribution < 1.29 is 42.5 Å². The number of rotatable bonds is 6. The molecule has 19 heteroatoms. The number of hydrogen-bond acceptors (Lipinski definition) is 7. The predicted octanol–water partition coefficient (Wildman–Crippen LogP) is 13.1. The molecule has 10 heterocycles. The van der Waals surface area contributed by atoms with Gasteiger partial charge in [-0.15, -0.1) is 24.0 Å². The first kappa shape index (κ1) is 73.4. The Balaban J connectivity index is 0.000000311. The summed E-state index contributed by atoms with van der Waals surface area (Å²) < 4.78 is 5.01. The molecule has 2 aromatic rings. The molecule has 0 saturated heterocycles. The van der Waals surface area contributed by atoms with Gasteiger partial charge in [0.05, 0.1) is 79.0 Å². The maximum absolute atomic E-state index is 7.06. The number of alkyl halides is 1. The molecule has 0 atom stereocenters. The van der Waals surface area contributed by atoms with Crippen molar-refractivity contribution >= 4 is 164 Å². The Kier molecular flexibility index (Phi) is 26.8. The van der Waals surface area contributed by atoms with Gasteiger partial charge >= 0.3 is 76.5 Å². The van der Waals surface area contributed by atoms with Crippen molar-refractivity contribution in [2.75, 3.05) is 66.3 Å². The summed E-state index contributed by atoms with van der Waals surface area (Å²) in [4.78, 5) is 28.0. The third-order valence-corrected chi connectivity index (χ3v) is 16.7. The molecular formula is C63H81Cl2I6N10V+2. The van der Waals surface area contributed by atoms with Crippen LogP contribution in [0.4, 0.5) is 11.6 Å². The first-order chi connectivity index (χ1) is 37.0. The number of aryl methyl sites for hydroxylation is 2. The molecule has 0 radical (unpaired) electrons. The van der Waals surface area contributed by atoms with Crippen molar-refractivity contribution in [2.24, 2.45) is 44.9 Å². The number of aliphatic imine (C=N–C) groups is 4. The Morgan fingerprint density at radius 3 is 1.41 bits per heavy atom. The first-order valence-electron chi connectivity index (χ1n) is 26.3. The average molecular weight is 1860 g/mol. The number of allylic oxidation sites excluding steroid dienone is 12. The first-order valence-corrected chi connectivity index (χ1v) is 42.7. The number of amidine groups is 2. The zero-order chi connectivity index (χ0) is 58.2. The maximum atomic E-state index is 7.06. The summed E-state index contributed by atoms with van der Waals surface area (Å²) in [7, 11) is 14.8. The van der Waals surface area contributed by atoms with Gasteiger partial charge in [0.15, 0.2) is 11.4 Å². The van der Waals surface area contributed by atoms with Gasteiger partial charge in [-0.25, -0.2) is 19.1 Å². The second-order valence-electron chi connectivity index (χ2n) is 23.6. The van der Waals surface area contributed by atoms with Gasteiger partial charge in [-0.2, -0.15) is 0 Å². The number of aromatic nitrogens is 2. The van der Waals surface area contributed by atoms with E-state index in [0.29, 0.717) is 0 Å². The molecule has 0 N–H and O–H groups in total. The van der Waals surface area contributed by atoms with Crippen LogP contribution in [-0.2, 0) is 29.8 Å². The van der Waals surface area contributed by atoms with Crippen molar-refractivity contribution in [3.63, 3.8) is 0 Å². The SMILES string of the molecule is C.CI.CN1C=CC=C2C1=N/C(=C/C=C1\C[N+](C)(C)CC(/C=C/C3=Nc4c(ccc[n+]4C)C3(C)C)=C1Cl)C2(C)C.CN1CC(/C=C/C2=Nc3c(ccc[n+]3C)C2(C)C)=C(Cl)C(=C/C=C2/N=C3C(=CC=CN3C)C2(C)C)/C1.I.[I-].[I][V]([I])[I]. The van der Waals surface area contributed by atoms with Gasteiger partial charge in [0.1, 0.15) is 24.8 Å². The predicted molar refractivity (Wildman–Crippen MR) is 388 cm³/mol. The van der Waals surface area contributed by atoms with Crippen LogP contribution >= 0.6 is 130 Å². The summed E-state index contributed by atoms with van der Waals surface area (Å²) in [6.07, 6.45) is 33.9. The van der Waals surface area contributed by atoms with Crippen LogP contribution in [0.15, 0.2) is 197 Å². The molecule has 8 aliphatic rings. The Morgan fingerprint density at radius 1 is 0.598 bits per heavy atom. The van der Waals surface area contributed by atoms with Gasteiger partial charge in [0.2, 0.25) is 0 Å². The average Bonchev–Trinajstić information content (AvgIpc) is 4.12. The van der Waals surface area contributed by atoms with E-state index in [-0.39, 0.29) is 82.0 Å². The van der Waals surface area contributed by atoms with Crippen LogP contribution in [0.25, 0.3) is 0 Å². The minimum atomic E-state index is -0.278. The summed E-state index contributed by atoms with van der Waals surface area (Å²) in [5, 5.41) is 1.66. The van der Waals surface area contributed by atoms with Crippen LogP contribution < -0.4 is 33.1 Å². The molecule has 82 heavy (non-hydrogen) atoms. The van der Waals surface area contributed by atoms with Crippen LogP contribution in [0.5, 0.6) is 0 Å². The zero-order valence-corrected chi connectivity index (χ0v) is 65.4. The van der Waals surface area contributed by atoms with E-state index in [2.05, 4.69) is 280 Å². The third-order valence-electron chi connectivity index (χ3n) is 15.7. The van der Waals surface area contributed by atoms with E-state index >= 15 is 0 Å². The molecule has 0 spiro atoms. The van der Waals surface area contributed by atoms with Gasteiger partial charge in [-0.1, -0.05) is 111 Å². The van der Waals surface area contributed by atoms with Gasteiger partial charge < -0.3 is 38.3 Å². The van der Waals surface area contributed by atoms with E-state index < -0.39 is 0 Å². The molecule has 0 aliphatic carbocycles. The molecule has 442 valence electrons. The van der Waals surface area contributed by atoms with E-state index in [0.717, 1.165) is 109 Å². The topological polar surface area (TPSA) is 66.9 Å². The minimum absolute atomic E-state index is 0. The molecule has 0 aromatic carbocycles. The van der Waals surface area contributed by atoms with Crippen molar-refractivity contribution in [3.05, 3.63) is 188 Å². The fourth-order valence-electron chi connectivity index (χ4n) is 11.0. The summed E-state index contributed by atoms with van der Waals surface area (Å²) in [6, 6.07) is 8.52. The van der Waals surface area contributed by atoms with Crippen molar-refractivity contribution in [2.45, 2.75) is 73.6 Å². The molecule has 0 unspecified atom stereocenters. The second kappa shape index (κ2) is 30.0. The Labute approximate surface area is 586 Å². The van der Waals surface area contributed by atoms with Crippen LogP contribution in [0.1, 0.15) is 73.9 Å². The Hall–Kier alpha value is -1.08. The van der Waals surface area contributed by atoms with Crippen molar-refractivity contribution in [3.8, 4) is 0 Å². The molecular weight excluding hydrogens is 1780 g/mol. The molecule has 8 aliphatic heterocycles. The normalized spacial score (nSPS) is 23.0. The fourth-order valence-corrected chi connectivity index (χ4v) is 11.5. The van der Waals surface area contributed by atoms with Crippen LogP contribution in [-0.4, -0.2) is 109 Å². The molecule has 2 aromatic heterocycles. The quantitative estimate of drug-likeness (QED) is 0.125. The number of likely N-dealkylation sites (N-methyl/N-ethyl adjacent to an activating group) is 4. The monoisotopic (exact) mass is 1860 g/mol. The number of pyridine rings is 2. The van der Waals surface area contributed by atoms with Crippen molar-refractivity contribution in [1.82, 2.24) is 14.7 Å². The number of hydrogen-bond donors (Lipinski definition) is 0. The van der Waals surface area contributed by atoms with Gasteiger partial charge in [-0.05, 0) is 128 Å². The summed E-state index contributed by atoms with van der Waals surface area (Å²) in [5.74, 6) is 4.09. The standard InChI is InChI=1S/C31H38ClN5.C30H35ClN5.CH3I.CH4.5HI.V/c1-30(2)23-11-9-17-35(5)28(23)33-25(30)15-13-21-19-37(7,8)20-22(27(21)32)14-16-26-31(3,4)24-12-10-18-36(6)29(24)34-26;1-29(2)22-10-8-16-35(6)27(22)32-24(29)14-12-20-18-34(5)19-21(26(20)31)13-15-25-30(3,4)23-11-9-17-36(7)28(23)33-25;1-2;;;;;;;/h9-18H,19-20H2,1-8H3;8-17H,18-19H2,1-7H3;1H3;1H4;5*1H;/q+2;+1;;;;;;;;+3/p-4. The number of quaternary nitrogens is 1. The summed E-state index contributed by atoms with van der Waals surface area (Å²) in [6.45, 7) is 21.2. The van der Waals surface area contributed by atoms with E-state index in [9.17, 15) is 0 Å². The fraction of sp³-hybridized carbons (Fsp3) is 0.397. The zero-order valence-electron chi connectivity index (χ0n) is 49.3. The molecule has 0 bridgehead atoms. The number of halogens is 8. The number of nitrogens with zero attached hydrogens (tertiary/aromatic N) is 10. The molecule has 10 rings (SSSR count). The Bertz CT molecular complexity index is 3320. The molecule has 0 saturated carbocycles. The van der Waals surface area contributed by atoms with E-state index in [1.807, 2.05) is 57.9 Å². The van der Waals surface area contributed by atoms with Gasteiger partial charge in [-0.3, -0.25) is 4.90 Å². The van der Waals surface area contributed by atoms with Crippen molar-refractivity contribution in [1.29, 1.82) is 0 Å². The second-order valence-corrected chi connectivity index (χ2v) is 59.7. The molecule has 0 amide bonds. The third kappa shape index (κ3) is 16.0. The molecule has 10 nitrogen and oxygen atoms in total. The summed E-state index contributed by atoms with van der Waals surface area (Å²) in [5.41, 5.74) is 13.1. The molecule has 0 fully saturated rings. The number of fused-ring (bicyclic) bond motifs is 4. The van der Waals surface area contributed by atoms with Crippen LogP contribution in [0, 0.1) is 10.8 Å². The van der Waals surface area contributed by atoms with E-state index in [1.165, 1.54) is 22.3 Å². The summed E-state index contributed by atoms with van der Waals surface area (Å²) >= 11 is 23.6. The van der Waals surface area contributed by atoms with Gasteiger partial charge in [0, 0.05) is 77.7 Å². The van der Waals surface area contributed by atoms with E-state index in [4.69, 9.17) is 43.2 Å². The Morgan fingerprint density at radius 2 is 1.00 bits per heavy atom.